The van der Waals surface area contributed by atoms with E-state index >= 15 is 0 Å². The van der Waals surface area contributed by atoms with E-state index in [-0.39, 0.29) is 6.04 Å². The van der Waals surface area contributed by atoms with Gasteiger partial charge in [-0.3, -0.25) is 11.3 Å². The first-order valence-electron chi connectivity index (χ1n) is 7.19. The van der Waals surface area contributed by atoms with Crippen LogP contribution in [0.2, 0.25) is 5.02 Å². The molecule has 1 atom stereocenters. The van der Waals surface area contributed by atoms with Crippen molar-refractivity contribution >= 4 is 11.6 Å². The summed E-state index contributed by atoms with van der Waals surface area (Å²) >= 11 is 6.04. The van der Waals surface area contributed by atoms with Crippen molar-refractivity contribution < 1.29 is 0 Å². The number of halogens is 1. The molecule has 3 N–H and O–H groups in total. The quantitative estimate of drug-likeness (QED) is 0.496. The van der Waals surface area contributed by atoms with E-state index in [0.29, 0.717) is 0 Å². The number of nitrogens with two attached hydrogens (primary N) is 1. The fraction of sp³-hybridized carbons (Fsp3) is 0.500. The average Bonchev–Trinajstić information content (AvgIpc) is 2.36. The predicted molar refractivity (Wildman–Crippen MR) is 82.1 cm³/mol. The van der Waals surface area contributed by atoms with Crippen LogP contribution in [0.4, 0.5) is 0 Å². The topological polar surface area (TPSA) is 38.0 Å². The zero-order valence-electron chi connectivity index (χ0n) is 11.4. The lowest BCUT2D eigenvalue weighted by Gasteiger charge is -2.21. The Kier molecular flexibility index (Phi) is 5.90. The molecular weight excluding hydrogens is 256 g/mol. The van der Waals surface area contributed by atoms with Crippen molar-refractivity contribution in [3.8, 4) is 0 Å². The largest absolute Gasteiger partial charge is 0.271 e. The maximum absolute atomic E-state index is 6.04. The Labute approximate surface area is 121 Å². The molecule has 0 radical (unpaired) electrons. The van der Waals surface area contributed by atoms with Crippen molar-refractivity contribution in [1.82, 2.24) is 5.43 Å². The summed E-state index contributed by atoms with van der Waals surface area (Å²) in [7, 11) is 0. The molecule has 3 heteroatoms. The third kappa shape index (κ3) is 4.64. The third-order valence-corrected chi connectivity index (χ3v) is 4.04. The van der Waals surface area contributed by atoms with E-state index in [4.69, 9.17) is 17.4 Å². The van der Waals surface area contributed by atoms with Crippen molar-refractivity contribution in [2.45, 2.75) is 51.0 Å². The molecular formula is C16H23ClN2. The van der Waals surface area contributed by atoms with Crippen LogP contribution in [-0.4, -0.2) is 6.04 Å². The summed E-state index contributed by atoms with van der Waals surface area (Å²) in [5.74, 6) is 5.76. The van der Waals surface area contributed by atoms with E-state index in [2.05, 4.69) is 17.6 Å². The highest BCUT2D eigenvalue weighted by molar-refractivity contribution is 6.30. The molecule has 104 valence electrons. The fourth-order valence-corrected chi connectivity index (χ4v) is 2.94. The van der Waals surface area contributed by atoms with Gasteiger partial charge in [-0.15, -0.1) is 0 Å². The molecule has 0 amide bonds. The molecule has 1 unspecified atom stereocenters. The lowest BCUT2D eigenvalue weighted by Crippen LogP contribution is -2.38. The SMILES string of the molecule is NNC(Cc1cccc(Cl)c1)/C1=C/CCCCCC1. The lowest BCUT2D eigenvalue weighted by atomic mass is 9.92. The molecule has 1 aromatic carbocycles. The van der Waals surface area contributed by atoms with E-state index in [9.17, 15) is 0 Å². The minimum Gasteiger partial charge on any atom is -0.271 e. The van der Waals surface area contributed by atoms with E-state index in [1.54, 1.807) is 0 Å². The molecule has 0 bridgehead atoms. The van der Waals surface area contributed by atoms with Crippen LogP contribution < -0.4 is 11.3 Å². The van der Waals surface area contributed by atoms with Crippen molar-refractivity contribution in [3.63, 3.8) is 0 Å². The average molecular weight is 279 g/mol. The van der Waals surface area contributed by atoms with Gasteiger partial charge in [0.2, 0.25) is 0 Å². The van der Waals surface area contributed by atoms with Crippen LogP contribution in [0.1, 0.15) is 44.1 Å². The predicted octanol–water partition coefficient (Wildman–Crippen LogP) is 4.00. The maximum atomic E-state index is 6.04. The fourth-order valence-electron chi connectivity index (χ4n) is 2.73. The van der Waals surface area contributed by atoms with E-state index in [1.807, 2.05) is 18.2 Å². The number of nitrogens with one attached hydrogen (secondary N) is 1. The Bertz CT molecular complexity index is 429. The standard InChI is InChI=1S/C16H23ClN2/c17-15-10-6-7-13(11-15)12-16(19-18)14-8-4-2-1-3-5-9-14/h6-8,10-11,16,19H,1-5,9,12,18H2/b14-8+. The third-order valence-electron chi connectivity index (χ3n) is 3.80. The van der Waals surface area contributed by atoms with Gasteiger partial charge in [-0.05, 0) is 49.8 Å². The highest BCUT2D eigenvalue weighted by Crippen LogP contribution is 2.22. The van der Waals surface area contributed by atoms with Crippen molar-refractivity contribution in [2.75, 3.05) is 0 Å². The summed E-state index contributed by atoms with van der Waals surface area (Å²) in [6.07, 6.45) is 10.9. The molecule has 1 aliphatic carbocycles. The highest BCUT2D eigenvalue weighted by Gasteiger charge is 2.14. The Morgan fingerprint density at radius 2 is 2.05 bits per heavy atom. The van der Waals surface area contributed by atoms with Gasteiger partial charge in [0.15, 0.2) is 0 Å². The van der Waals surface area contributed by atoms with Gasteiger partial charge in [-0.1, -0.05) is 48.2 Å². The minimum absolute atomic E-state index is 0.233. The summed E-state index contributed by atoms with van der Waals surface area (Å²) < 4.78 is 0. The monoisotopic (exact) mass is 278 g/mol. The summed E-state index contributed by atoms with van der Waals surface area (Å²) in [6.45, 7) is 0. The van der Waals surface area contributed by atoms with Crippen LogP contribution in [0.15, 0.2) is 35.9 Å². The molecule has 0 spiro atoms. The van der Waals surface area contributed by atoms with Gasteiger partial charge >= 0.3 is 0 Å². The maximum Gasteiger partial charge on any atom is 0.0460 e. The van der Waals surface area contributed by atoms with Crippen LogP contribution in [-0.2, 0) is 6.42 Å². The summed E-state index contributed by atoms with van der Waals surface area (Å²) in [5.41, 5.74) is 5.67. The first-order valence-corrected chi connectivity index (χ1v) is 7.57. The Hall–Kier alpha value is -0.830. The van der Waals surface area contributed by atoms with Gasteiger partial charge < -0.3 is 0 Å². The van der Waals surface area contributed by atoms with E-state index < -0.39 is 0 Å². The molecule has 2 rings (SSSR count). The van der Waals surface area contributed by atoms with Gasteiger partial charge in [-0.25, -0.2) is 0 Å². The Balaban J connectivity index is 2.06. The Morgan fingerprint density at radius 3 is 2.84 bits per heavy atom. The first kappa shape index (κ1) is 14.6. The molecule has 2 nitrogen and oxygen atoms in total. The van der Waals surface area contributed by atoms with E-state index in [1.165, 1.54) is 43.2 Å². The molecule has 0 aliphatic heterocycles. The van der Waals surface area contributed by atoms with Crippen LogP contribution >= 0.6 is 11.6 Å². The molecule has 0 saturated heterocycles. The number of benzene rings is 1. The molecule has 0 fully saturated rings. The normalized spacial score (nSPS) is 21.1. The van der Waals surface area contributed by atoms with Crippen molar-refractivity contribution in [3.05, 3.63) is 46.5 Å². The van der Waals surface area contributed by atoms with Crippen LogP contribution in [0.25, 0.3) is 0 Å². The molecule has 1 aromatic rings. The number of hydrazine groups is 1. The zero-order valence-corrected chi connectivity index (χ0v) is 12.1. The molecule has 19 heavy (non-hydrogen) atoms. The summed E-state index contributed by atoms with van der Waals surface area (Å²) in [5, 5.41) is 0.792. The van der Waals surface area contributed by atoms with Crippen LogP contribution in [0.5, 0.6) is 0 Å². The molecule has 0 aromatic heterocycles. The summed E-state index contributed by atoms with van der Waals surface area (Å²) in [4.78, 5) is 0. The zero-order chi connectivity index (χ0) is 13.5. The molecule has 1 aliphatic rings. The number of hydrogen-bond acceptors (Lipinski definition) is 2. The van der Waals surface area contributed by atoms with Crippen molar-refractivity contribution in [2.24, 2.45) is 5.84 Å². The van der Waals surface area contributed by atoms with Gasteiger partial charge in [-0.2, -0.15) is 0 Å². The minimum atomic E-state index is 0.233. The second kappa shape index (κ2) is 7.68. The second-order valence-corrected chi connectivity index (χ2v) is 5.72. The van der Waals surface area contributed by atoms with Crippen LogP contribution in [0, 0.1) is 0 Å². The first-order chi connectivity index (χ1) is 9.29. The number of rotatable bonds is 4. The van der Waals surface area contributed by atoms with Gasteiger partial charge in [0.1, 0.15) is 0 Å². The highest BCUT2D eigenvalue weighted by atomic mass is 35.5. The van der Waals surface area contributed by atoms with Crippen LogP contribution in [0.3, 0.4) is 0 Å². The smallest absolute Gasteiger partial charge is 0.0460 e. The van der Waals surface area contributed by atoms with Gasteiger partial charge in [0, 0.05) is 11.1 Å². The van der Waals surface area contributed by atoms with Gasteiger partial charge in [0.05, 0.1) is 0 Å². The number of hydrogen-bond donors (Lipinski definition) is 2. The molecule has 0 saturated carbocycles. The summed E-state index contributed by atoms with van der Waals surface area (Å²) in [6, 6.07) is 8.27. The Morgan fingerprint density at radius 1 is 1.21 bits per heavy atom. The van der Waals surface area contributed by atoms with E-state index in [0.717, 1.165) is 17.9 Å². The van der Waals surface area contributed by atoms with Gasteiger partial charge in [0.25, 0.3) is 0 Å². The second-order valence-electron chi connectivity index (χ2n) is 5.29. The molecule has 0 heterocycles. The van der Waals surface area contributed by atoms with Crippen molar-refractivity contribution in [1.29, 1.82) is 0 Å². The number of allylic oxidation sites excluding steroid dienone is 1. The lowest BCUT2D eigenvalue weighted by molar-refractivity contribution is 0.537.